The Morgan fingerprint density at radius 1 is 0.647 bits per heavy atom. The van der Waals surface area contributed by atoms with Crippen molar-refractivity contribution in [2.75, 3.05) is 0 Å². The topological polar surface area (TPSA) is 0 Å². The van der Waals surface area contributed by atoms with Gasteiger partial charge < -0.3 is 0 Å². The smallest absolute Gasteiger partial charge is 0.0305 e. The van der Waals surface area contributed by atoms with Gasteiger partial charge in [0.2, 0.25) is 0 Å². The van der Waals surface area contributed by atoms with Crippen LogP contribution in [-0.2, 0) is 6.42 Å². The number of hydrogen-bond acceptors (Lipinski definition) is 0. The van der Waals surface area contributed by atoms with Gasteiger partial charge in [-0.05, 0) is 49.4 Å². The molecule has 0 bridgehead atoms. The highest BCUT2D eigenvalue weighted by Crippen LogP contribution is 2.06. The molecule has 0 aliphatic rings. The van der Waals surface area contributed by atoms with Crippen molar-refractivity contribution < 1.29 is 0 Å². The zero-order valence-electron chi connectivity index (χ0n) is 11.3. The zero-order chi connectivity index (χ0) is 12.7. The first-order valence-corrected chi connectivity index (χ1v) is 6.22. The molecule has 0 fully saturated rings. The van der Waals surface area contributed by atoms with E-state index in [1.165, 1.54) is 22.3 Å². The summed E-state index contributed by atoms with van der Waals surface area (Å²) in [6.07, 6.45) is 1.15. The van der Waals surface area contributed by atoms with Crippen molar-refractivity contribution in [2.45, 2.75) is 34.1 Å². The molecule has 0 saturated carbocycles. The van der Waals surface area contributed by atoms with Gasteiger partial charge in [-0.15, -0.1) is 0 Å². The van der Waals surface area contributed by atoms with E-state index in [0.29, 0.717) is 0 Å². The van der Waals surface area contributed by atoms with Crippen molar-refractivity contribution >= 4 is 0 Å². The van der Waals surface area contributed by atoms with Crippen molar-refractivity contribution in [3.05, 3.63) is 70.8 Å². The SMILES string of the molecule is CCc1ccccc1C.Cc1ccccc1C. The molecule has 0 aliphatic carbocycles. The van der Waals surface area contributed by atoms with Gasteiger partial charge in [0.05, 0.1) is 0 Å². The maximum Gasteiger partial charge on any atom is -0.0305 e. The summed E-state index contributed by atoms with van der Waals surface area (Å²) in [6.45, 7) is 8.58. The lowest BCUT2D eigenvalue weighted by molar-refractivity contribution is 1.11. The normalized spacial score (nSPS) is 9.41. The molecule has 0 aromatic heterocycles. The molecule has 0 atom stereocenters. The van der Waals surface area contributed by atoms with Gasteiger partial charge >= 0.3 is 0 Å². The molecule has 0 N–H and O–H groups in total. The Bertz CT molecular complexity index is 434. The molecule has 0 saturated heterocycles. The Balaban J connectivity index is 0.000000171. The van der Waals surface area contributed by atoms with E-state index in [2.05, 4.69) is 76.2 Å². The van der Waals surface area contributed by atoms with Crippen molar-refractivity contribution in [3.63, 3.8) is 0 Å². The summed E-state index contributed by atoms with van der Waals surface area (Å²) in [5, 5.41) is 0. The predicted molar refractivity (Wildman–Crippen MR) is 76.5 cm³/mol. The Hall–Kier alpha value is -1.56. The van der Waals surface area contributed by atoms with Crippen molar-refractivity contribution in [1.82, 2.24) is 0 Å². The number of aryl methyl sites for hydroxylation is 4. The molecule has 0 heterocycles. The van der Waals surface area contributed by atoms with E-state index in [0.717, 1.165) is 6.42 Å². The number of benzene rings is 2. The molecule has 90 valence electrons. The largest absolute Gasteiger partial charge is 0.0620 e. The Morgan fingerprint density at radius 2 is 1.06 bits per heavy atom. The first-order valence-electron chi connectivity index (χ1n) is 6.22. The van der Waals surface area contributed by atoms with E-state index < -0.39 is 0 Å². The number of rotatable bonds is 1. The zero-order valence-corrected chi connectivity index (χ0v) is 11.3. The van der Waals surface area contributed by atoms with Crippen LogP contribution in [-0.4, -0.2) is 0 Å². The third kappa shape index (κ3) is 4.44. The summed E-state index contributed by atoms with van der Waals surface area (Å²) >= 11 is 0. The average molecular weight is 226 g/mol. The summed E-state index contributed by atoms with van der Waals surface area (Å²) < 4.78 is 0. The van der Waals surface area contributed by atoms with Crippen molar-refractivity contribution in [2.24, 2.45) is 0 Å². The van der Waals surface area contributed by atoms with Gasteiger partial charge in [-0.1, -0.05) is 55.5 Å². The molecule has 0 unspecified atom stereocenters. The van der Waals surface area contributed by atoms with Gasteiger partial charge in [0.15, 0.2) is 0 Å². The first-order chi connectivity index (χ1) is 8.15. The third-order valence-electron chi connectivity index (χ3n) is 3.07. The van der Waals surface area contributed by atoms with Gasteiger partial charge in [0.25, 0.3) is 0 Å². The van der Waals surface area contributed by atoms with E-state index in [4.69, 9.17) is 0 Å². The summed E-state index contributed by atoms with van der Waals surface area (Å²) in [4.78, 5) is 0. The molecule has 0 spiro atoms. The van der Waals surface area contributed by atoms with Gasteiger partial charge in [-0.3, -0.25) is 0 Å². The van der Waals surface area contributed by atoms with Gasteiger partial charge in [0.1, 0.15) is 0 Å². The summed E-state index contributed by atoms with van der Waals surface area (Å²) in [7, 11) is 0. The molecule has 0 amide bonds. The quantitative estimate of drug-likeness (QED) is 0.651. The third-order valence-corrected chi connectivity index (χ3v) is 3.07. The summed E-state index contributed by atoms with van der Waals surface area (Å²) in [5.41, 5.74) is 5.59. The van der Waals surface area contributed by atoms with Gasteiger partial charge in [-0.25, -0.2) is 0 Å². The van der Waals surface area contributed by atoms with Crippen LogP contribution in [0.25, 0.3) is 0 Å². The first kappa shape index (κ1) is 13.5. The van der Waals surface area contributed by atoms with Crippen LogP contribution in [0.4, 0.5) is 0 Å². The van der Waals surface area contributed by atoms with Crippen LogP contribution in [0, 0.1) is 20.8 Å². The Kier molecular flexibility index (Phi) is 5.48. The van der Waals surface area contributed by atoms with Gasteiger partial charge in [0, 0.05) is 0 Å². The predicted octanol–water partition coefficient (Wildman–Crippen LogP) is 4.86. The van der Waals surface area contributed by atoms with Crippen LogP contribution in [0.1, 0.15) is 29.2 Å². The number of hydrogen-bond donors (Lipinski definition) is 0. The molecule has 2 rings (SSSR count). The van der Waals surface area contributed by atoms with E-state index in [1.807, 2.05) is 0 Å². The maximum absolute atomic E-state index is 2.18. The average Bonchev–Trinajstić information content (AvgIpc) is 2.34. The minimum Gasteiger partial charge on any atom is -0.0620 e. The van der Waals surface area contributed by atoms with Crippen molar-refractivity contribution in [3.8, 4) is 0 Å². The van der Waals surface area contributed by atoms with Crippen LogP contribution in [0.5, 0.6) is 0 Å². The highest BCUT2D eigenvalue weighted by Gasteiger charge is 1.89. The molecule has 0 heteroatoms. The minimum absolute atomic E-state index is 1.15. The molecule has 0 radical (unpaired) electrons. The Labute approximate surface area is 105 Å². The molecular formula is C17H22. The highest BCUT2D eigenvalue weighted by atomic mass is 13.9. The van der Waals surface area contributed by atoms with Crippen LogP contribution in [0.3, 0.4) is 0 Å². The molecule has 17 heavy (non-hydrogen) atoms. The molecule has 2 aromatic carbocycles. The van der Waals surface area contributed by atoms with Crippen LogP contribution in [0.15, 0.2) is 48.5 Å². The lowest BCUT2D eigenvalue weighted by atomic mass is 10.1. The second-order valence-electron chi connectivity index (χ2n) is 4.36. The van der Waals surface area contributed by atoms with Crippen molar-refractivity contribution in [1.29, 1.82) is 0 Å². The highest BCUT2D eigenvalue weighted by molar-refractivity contribution is 5.25. The molecule has 0 nitrogen and oxygen atoms in total. The fourth-order valence-electron chi connectivity index (χ4n) is 1.67. The monoisotopic (exact) mass is 226 g/mol. The Morgan fingerprint density at radius 3 is 1.35 bits per heavy atom. The van der Waals surface area contributed by atoms with E-state index in [1.54, 1.807) is 0 Å². The van der Waals surface area contributed by atoms with Crippen LogP contribution >= 0.6 is 0 Å². The fourth-order valence-corrected chi connectivity index (χ4v) is 1.67. The molecular weight excluding hydrogens is 204 g/mol. The van der Waals surface area contributed by atoms with E-state index in [-0.39, 0.29) is 0 Å². The van der Waals surface area contributed by atoms with E-state index >= 15 is 0 Å². The van der Waals surface area contributed by atoms with Crippen LogP contribution < -0.4 is 0 Å². The molecule has 2 aromatic rings. The maximum atomic E-state index is 2.18. The van der Waals surface area contributed by atoms with Crippen LogP contribution in [0.2, 0.25) is 0 Å². The molecule has 0 aliphatic heterocycles. The summed E-state index contributed by atoms with van der Waals surface area (Å²) in [6, 6.07) is 16.9. The lowest BCUT2D eigenvalue weighted by Gasteiger charge is -1.98. The van der Waals surface area contributed by atoms with E-state index in [9.17, 15) is 0 Å². The summed E-state index contributed by atoms with van der Waals surface area (Å²) in [5.74, 6) is 0. The van der Waals surface area contributed by atoms with Gasteiger partial charge in [-0.2, -0.15) is 0 Å². The fraction of sp³-hybridized carbons (Fsp3) is 0.294. The standard InChI is InChI=1S/C9H12.C8H10/c1-3-9-7-5-4-6-8(9)2;1-7-5-3-4-6-8(7)2/h4-7H,3H2,1-2H3;3-6H,1-2H3. The second-order valence-corrected chi connectivity index (χ2v) is 4.36. The minimum atomic E-state index is 1.15. The lowest BCUT2D eigenvalue weighted by Crippen LogP contribution is -1.82. The second kappa shape index (κ2) is 6.90.